The molecule has 16 heavy (non-hydrogen) atoms. The minimum atomic E-state index is 0.955. The third kappa shape index (κ3) is 2.18. The van der Waals surface area contributed by atoms with Crippen LogP contribution in [0.2, 0.25) is 0 Å². The molecule has 3 heteroatoms. The van der Waals surface area contributed by atoms with E-state index >= 15 is 0 Å². The summed E-state index contributed by atoms with van der Waals surface area (Å²) >= 11 is 0. The maximum Gasteiger partial charge on any atom is 0.138 e. The average molecular weight is 219 g/mol. The lowest BCUT2D eigenvalue weighted by Crippen LogP contribution is -1.97. The van der Waals surface area contributed by atoms with E-state index in [1.807, 2.05) is 20.9 Å². The number of hydrogen-bond acceptors (Lipinski definition) is 2. The number of pyridine rings is 1. The SMILES string of the molecule is CC.CCc1nc2ccc(C)cn2c1NC. The number of aromatic nitrogens is 2. The molecule has 0 atom stereocenters. The Morgan fingerprint density at radius 2 is 2.00 bits per heavy atom. The van der Waals surface area contributed by atoms with Gasteiger partial charge in [0, 0.05) is 13.2 Å². The van der Waals surface area contributed by atoms with Gasteiger partial charge in [-0.1, -0.05) is 26.8 Å². The first kappa shape index (κ1) is 12.6. The van der Waals surface area contributed by atoms with E-state index in [-0.39, 0.29) is 0 Å². The number of fused-ring (bicyclic) bond motifs is 1. The molecular formula is C13H21N3. The fourth-order valence-corrected chi connectivity index (χ4v) is 1.71. The van der Waals surface area contributed by atoms with Crippen molar-refractivity contribution in [1.82, 2.24) is 9.38 Å². The van der Waals surface area contributed by atoms with E-state index in [9.17, 15) is 0 Å². The van der Waals surface area contributed by atoms with Crippen molar-refractivity contribution in [1.29, 1.82) is 0 Å². The van der Waals surface area contributed by atoms with E-state index in [0.717, 1.165) is 23.6 Å². The Morgan fingerprint density at radius 3 is 2.56 bits per heavy atom. The molecular weight excluding hydrogens is 198 g/mol. The molecule has 0 aliphatic rings. The first-order chi connectivity index (χ1) is 7.76. The maximum absolute atomic E-state index is 4.54. The summed E-state index contributed by atoms with van der Waals surface area (Å²) in [5.41, 5.74) is 3.38. The van der Waals surface area contributed by atoms with Crippen LogP contribution in [0.1, 0.15) is 32.0 Å². The zero-order valence-corrected chi connectivity index (χ0v) is 10.8. The van der Waals surface area contributed by atoms with Gasteiger partial charge in [-0.25, -0.2) is 4.98 Å². The van der Waals surface area contributed by atoms with E-state index < -0.39 is 0 Å². The van der Waals surface area contributed by atoms with Gasteiger partial charge in [0.2, 0.25) is 0 Å². The van der Waals surface area contributed by atoms with Crippen LogP contribution in [0.5, 0.6) is 0 Å². The number of imidazole rings is 1. The predicted molar refractivity (Wildman–Crippen MR) is 70.2 cm³/mol. The summed E-state index contributed by atoms with van der Waals surface area (Å²) in [5.74, 6) is 1.10. The van der Waals surface area contributed by atoms with Crippen molar-refractivity contribution in [3.05, 3.63) is 29.6 Å². The highest BCUT2D eigenvalue weighted by Gasteiger charge is 2.08. The molecule has 0 spiro atoms. The van der Waals surface area contributed by atoms with Crippen LogP contribution >= 0.6 is 0 Å². The molecule has 0 radical (unpaired) electrons. The molecule has 88 valence electrons. The van der Waals surface area contributed by atoms with E-state index in [1.54, 1.807) is 0 Å². The van der Waals surface area contributed by atoms with Crippen LogP contribution in [0.4, 0.5) is 5.82 Å². The minimum Gasteiger partial charge on any atom is -0.373 e. The van der Waals surface area contributed by atoms with Crippen molar-refractivity contribution >= 4 is 11.5 Å². The molecule has 0 bridgehead atoms. The zero-order valence-electron chi connectivity index (χ0n) is 10.8. The highest BCUT2D eigenvalue weighted by atomic mass is 15.1. The smallest absolute Gasteiger partial charge is 0.138 e. The third-order valence-corrected chi connectivity index (χ3v) is 2.41. The molecule has 0 unspecified atom stereocenters. The second-order valence-electron chi connectivity index (χ2n) is 3.45. The van der Waals surface area contributed by atoms with Gasteiger partial charge in [0.1, 0.15) is 11.5 Å². The Bertz CT molecular complexity index is 457. The number of rotatable bonds is 2. The summed E-state index contributed by atoms with van der Waals surface area (Å²) in [7, 11) is 1.94. The topological polar surface area (TPSA) is 29.3 Å². The summed E-state index contributed by atoms with van der Waals surface area (Å²) in [4.78, 5) is 4.54. The van der Waals surface area contributed by atoms with Gasteiger partial charge in [-0.15, -0.1) is 0 Å². The van der Waals surface area contributed by atoms with Crippen molar-refractivity contribution in [3.63, 3.8) is 0 Å². The van der Waals surface area contributed by atoms with Crippen LogP contribution in [0, 0.1) is 6.92 Å². The first-order valence-electron chi connectivity index (χ1n) is 5.91. The number of nitrogens with zero attached hydrogens (tertiary/aromatic N) is 2. The van der Waals surface area contributed by atoms with Crippen LogP contribution in [0.15, 0.2) is 18.3 Å². The summed E-state index contributed by atoms with van der Waals surface area (Å²) in [6.45, 7) is 8.21. The van der Waals surface area contributed by atoms with Crippen molar-refractivity contribution in [2.75, 3.05) is 12.4 Å². The largest absolute Gasteiger partial charge is 0.373 e. The molecule has 2 aromatic rings. The molecule has 2 heterocycles. The predicted octanol–water partition coefficient (Wildman–Crippen LogP) is 3.27. The normalized spacial score (nSPS) is 9.81. The first-order valence-corrected chi connectivity index (χ1v) is 5.91. The molecule has 2 aromatic heterocycles. The van der Waals surface area contributed by atoms with Crippen LogP contribution in [-0.2, 0) is 6.42 Å². The quantitative estimate of drug-likeness (QED) is 0.840. The number of aryl methyl sites for hydroxylation is 2. The van der Waals surface area contributed by atoms with Crippen LogP contribution in [0.3, 0.4) is 0 Å². The summed E-state index contributed by atoms with van der Waals surface area (Å²) < 4.78 is 2.11. The van der Waals surface area contributed by atoms with Gasteiger partial charge in [0.15, 0.2) is 0 Å². The molecule has 1 N–H and O–H groups in total. The lowest BCUT2D eigenvalue weighted by atomic mass is 10.3. The highest BCUT2D eigenvalue weighted by Crippen LogP contribution is 2.18. The second-order valence-corrected chi connectivity index (χ2v) is 3.45. The van der Waals surface area contributed by atoms with Gasteiger partial charge >= 0.3 is 0 Å². The fourth-order valence-electron chi connectivity index (χ4n) is 1.71. The van der Waals surface area contributed by atoms with Crippen molar-refractivity contribution < 1.29 is 0 Å². The number of anilines is 1. The van der Waals surface area contributed by atoms with Gasteiger partial charge in [0.05, 0.1) is 5.69 Å². The van der Waals surface area contributed by atoms with Crippen LogP contribution < -0.4 is 5.32 Å². The monoisotopic (exact) mass is 219 g/mol. The molecule has 0 amide bonds. The second kappa shape index (κ2) is 5.54. The zero-order chi connectivity index (χ0) is 12.1. The molecule has 0 aliphatic carbocycles. The Hall–Kier alpha value is -1.51. The number of hydrogen-bond donors (Lipinski definition) is 1. The standard InChI is InChI=1S/C11H15N3.C2H6/c1-4-9-11(12-3)14-7-8(2)5-6-10(14)13-9;1-2/h5-7,12H,4H2,1-3H3;1-2H3. The van der Waals surface area contributed by atoms with E-state index in [4.69, 9.17) is 0 Å². The van der Waals surface area contributed by atoms with Gasteiger partial charge in [-0.05, 0) is 25.0 Å². The van der Waals surface area contributed by atoms with Crippen LogP contribution in [0.25, 0.3) is 5.65 Å². The van der Waals surface area contributed by atoms with Crippen LogP contribution in [-0.4, -0.2) is 16.4 Å². The highest BCUT2D eigenvalue weighted by molar-refractivity contribution is 5.55. The molecule has 0 aromatic carbocycles. The Morgan fingerprint density at radius 1 is 1.31 bits per heavy atom. The van der Waals surface area contributed by atoms with E-state index in [1.165, 1.54) is 5.56 Å². The number of nitrogens with one attached hydrogen (secondary N) is 1. The lowest BCUT2D eigenvalue weighted by Gasteiger charge is -2.02. The van der Waals surface area contributed by atoms with Crippen molar-refractivity contribution in [3.8, 4) is 0 Å². The van der Waals surface area contributed by atoms with E-state index in [0.29, 0.717) is 0 Å². The van der Waals surface area contributed by atoms with Gasteiger partial charge in [0.25, 0.3) is 0 Å². The van der Waals surface area contributed by atoms with Gasteiger partial charge in [-0.3, -0.25) is 4.40 Å². The molecule has 3 nitrogen and oxygen atoms in total. The summed E-state index contributed by atoms with van der Waals surface area (Å²) in [6.07, 6.45) is 3.06. The Labute approximate surface area is 97.5 Å². The fraction of sp³-hybridized carbons (Fsp3) is 0.462. The maximum atomic E-state index is 4.54. The molecule has 0 fully saturated rings. The average Bonchev–Trinajstić information content (AvgIpc) is 2.68. The van der Waals surface area contributed by atoms with E-state index in [2.05, 4.69) is 46.9 Å². The molecule has 0 aliphatic heterocycles. The van der Waals surface area contributed by atoms with Crippen molar-refractivity contribution in [2.24, 2.45) is 0 Å². The molecule has 2 rings (SSSR count). The minimum absolute atomic E-state index is 0.955. The lowest BCUT2D eigenvalue weighted by molar-refractivity contribution is 1.07. The molecule has 0 saturated heterocycles. The molecule has 0 saturated carbocycles. The van der Waals surface area contributed by atoms with Gasteiger partial charge < -0.3 is 5.32 Å². The third-order valence-electron chi connectivity index (χ3n) is 2.41. The Balaban J connectivity index is 0.000000606. The van der Waals surface area contributed by atoms with Gasteiger partial charge in [-0.2, -0.15) is 0 Å². The Kier molecular flexibility index (Phi) is 4.35. The summed E-state index contributed by atoms with van der Waals surface area (Å²) in [5, 5.41) is 3.20. The van der Waals surface area contributed by atoms with Crippen molar-refractivity contribution in [2.45, 2.75) is 34.1 Å². The summed E-state index contributed by atoms with van der Waals surface area (Å²) in [6, 6.07) is 4.14.